The van der Waals surface area contributed by atoms with Crippen molar-refractivity contribution in [3.05, 3.63) is 0 Å². The zero-order valence-corrected chi connectivity index (χ0v) is 19.6. The first kappa shape index (κ1) is 21.2. The van der Waals surface area contributed by atoms with E-state index in [2.05, 4.69) is 34.6 Å². The van der Waals surface area contributed by atoms with Crippen molar-refractivity contribution in [1.82, 2.24) is 0 Å². The van der Waals surface area contributed by atoms with E-state index in [4.69, 9.17) is 0 Å². The lowest BCUT2D eigenvalue weighted by molar-refractivity contribution is -0.138. The molecule has 0 aromatic rings. The maximum Gasteiger partial charge on any atom is 0.0648 e. The van der Waals surface area contributed by atoms with Crippen molar-refractivity contribution in [3.63, 3.8) is 0 Å². The van der Waals surface area contributed by atoms with Crippen molar-refractivity contribution in [2.24, 2.45) is 52.8 Å². The molecule has 0 aromatic carbocycles. The van der Waals surface area contributed by atoms with E-state index in [-0.39, 0.29) is 0 Å². The summed E-state index contributed by atoms with van der Waals surface area (Å²) in [5.41, 5.74) is 0.211. The average molecular weight is 389 g/mol. The molecule has 0 aromatic heterocycles. The zero-order valence-electron chi connectivity index (χ0n) is 19.6. The highest BCUT2D eigenvalue weighted by Gasteiger charge is 2.59. The van der Waals surface area contributed by atoms with Crippen LogP contribution in [0.5, 0.6) is 0 Å². The van der Waals surface area contributed by atoms with Crippen LogP contribution in [0.15, 0.2) is 0 Å². The summed E-state index contributed by atoms with van der Waals surface area (Å²) in [6.07, 6.45) is 16.9. The van der Waals surface area contributed by atoms with Gasteiger partial charge in [-0.15, -0.1) is 0 Å². The van der Waals surface area contributed by atoms with Crippen LogP contribution in [0.25, 0.3) is 0 Å². The third-order valence-electron chi connectivity index (χ3n) is 11.1. The maximum atomic E-state index is 10.9. The molecule has 1 nitrogen and oxygen atoms in total. The van der Waals surface area contributed by atoms with E-state index in [9.17, 15) is 5.11 Å². The third kappa shape index (κ3) is 3.40. The molecule has 0 amide bonds. The summed E-state index contributed by atoms with van der Waals surface area (Å²) in [5, 5.41) is 10.9. The number of unbranched alkanes of at least 4 members (excludes halogenated alkanes) is 2. The Balaban J connectivity index is 1.47. The highest BCUT2D eigenvalue weighted by molar-refractivity contribution is 5.08. The lowest BCUT2D eigenvalue weighted by atomic mass is 9.46. The van der Waals surface area contributed by atoms with Gasteiger partial charge in [0.2, 0.25) is 0 Å². The van der Waals surface area contributed by atoms with E-state index < -0.39 is 5.60 Å². The summed E-state index contributed by atoms with van der Waals surface area (Å²) < 4.78 is 0. The van der Waals surface area contributed by atoms with Gasteiger partial charge in [-0.25, -0.2) is 0 Å². The molecular weight excluding hydrogens is 340 g/mol. The van der Waals surface area contributed by atoms with E-state index in [1.54, 1.807) is 0 Å². The van der Waals surface area contributed by atoms with Crippen molar-refractivity contribution < 1.29 is 5.11 Å². The predicted octanol–water partition coefficient (Wildman–Crippen LogP) is 7.47. The van der Waals surface area contributed by atoms with Crippen molar-refractivity contribution in [2.75, 3.05) is 0 Å². The van der Waals surface area contributed by atoms with Crippen molar-refractivity contribution >= 4 is 0 Å². The number of fused-ring (bicyclic) bond motifs is 5. The number of aliphatic hydroxyl groups is 1. The van der Waals surface area contributed by atoms with E-state index in [0.717, 1.165) is 47.8 Å². The summed E-state index contributed by atoms with van der Waals surface area (Å²) in [5.74, 6) is 7.09. The lowest BCUT2D eigenvalue weighted by Crippen LogP contribution is -2.54. The molecule has 1 N–H and O–H groups in total. The zero-order chi connectivity index (χ0) is 20.1. The summed E-state index contributed by atoms with van der Waals surface area (Å²) in [7, 11) is 0. The van der Waals surface area contributed by atoms with Crippen LogP contribution in [0.2, 0.25) is 0 Å². The van der Waals surface area contributed by atoms with Crippen LogP contribution >= 0.6 is 0 Å². The first-order valence-electron chi connectivity index (χ1n) is 13.0. The van der Waals surface area contributed by atoms with Crippen LogP contribution in [0.1, 0.15) is 112 Å². The quantitative estimate of drug-likeness (QED) is 0.484. The molecule has 4 rings (SSSR count). The third-order valence-corrected chi connectivity index (χ3v) is 11.1. The Morgan fingerprint density at radius 1 is 0.857 bits per heavy atom. The molecule has 0 bridgehead atoms. The second-order valence-electron chi connectivity index (χ2n) is 12.2. The fraction of sp³-hybridized carbons (Fsp3) is 1.00. The first-order chi connectivity index (χ1) is 13.3. The number of hydrogen-bond donors (Lipinski definition) is 1. The van der Waals surface area contributed by atoms with E-state index >= 15 is 0 Å². The monoisotopic (exact) mass is 388 g/mol. The van der Waals surface area contributed by atoms with E-state index in [1.807, 2.05) is 0 Å². The van der Waals surface area contributed by atoms with Crippen LogP contribution in [0.3, 0.4) is 0 Å². The van der Waals surface area contributed by atoms with E-state index in [0.29, 0.717) is 11.3 Å². The Kier molecular flexibility index (Phi) is 5.98. The van der Waals surface area contributed by atoms with Crippen LogP contribution in [-0.2, 0) is 0 Å². The Labute approximate surface area is 175 Å². The molecule has 4 aliphatic rings. The molecule has 28 heavy (non-hydrogen) atoms. The summed E-state index contributed by atoms with van der Waals surface area (Å²) in [6, 6.07) is 0. The lowest BCUT2D eigenvalue weighted by Gasteiger charge is -2.59. The fourth-order valence-electron chi connectivity index (χ4n) is 9.19. The summed E-state index contributed by atoms with van der Waals surface area (Å²) in [4.78, 5) is 0. The molecule has 4 saturated carbocycles. The molecule has 4 aliphatic carbocycles. The van der Waals surface area contributed by atoms with Crippen molar-refractivity contribution in [3.8, 4) is 0 Å². The number of rotatable bonds is 5. The van der Waals surface area contributed by atoms with Gasteiger partial charge < -0.3 is 5.11 Å². The first-order valence-corrected chi connectivity index (χ1v) is 13.0. The van der Waals surface area contributed by atoms with Crippen LogP contribution < -0.4 is 0 Å². The molecule has 1 heteroatoms. The summed E-state index contributed by atoms with van der Waals surface area (Å²) >= 11 is 0. The van der Waals surface area contributed by atoms with Crippen LogP contribution in [-0.4, -0.2) is 10.7 Å². The second-order valence-corrected chi connectivity index (χ2v) is 12.2. The fourth-order valence-corrected chi connectivity index (χ4v) is 9.19. The topological polar surface area (TPSA) is 20.2 Å². The SMILES string of the molecule is CCCCC[C@H](C)[C@H]1CC[C@@]2(C)[C@@H]3CC[C@@H]4[C@H](CC[C@](C)(O)[C@H]4C)[C@@H]3CC[C@H]12. The molecular formula is C27H48O. The van der Waals surface area contributed by atoms with Gasteiger partial charge in [0.25, 0.3) is 0 Å². The molecule has 0 radical (unpaired) electrons. The molecule has 0 spiro atoms. The van der Waals surface area contributed by atoms with Gasteiger partial charge in [-0.2, -0.15) is 0 Å². The van der Waals surface area contributed by atoms with E-state index in [1.165, 1.54) is 70.6 Å². The normalized spacial score (nSPS) is 51.9. The summed E-state index contributed by atoms with van der Waals surface area (Å²) in [6.45, 7) is 12.1. The molecule has 0 saturated heterocycles. The minimum atomic E-state index is -0.415. The second kappa shape index (κ2) is 7.90. The highest BCUT2D eigenvalue weighted by atomic mass is 16.3. The smallest absolute Gasteiger partial charge is 0.0648 e. The molecule has 0 heterocycles. The molecule has 0 aliphatic heterocycles. The van der Waals surface area contributed by atoms with Crippen molar-refractivity contribution in [1.29, 1.82) is 0 Å². The Morgan fingerprint density at radius 3 is 2.32 bits per heavy atom. The number of hydrogen-bond acceptors (Lipinski definition) is 1. The van der Waals surface area contributed by atoms with Gasteiger partial charge >= 0.3 is 0 Å². The standard InChI is InChI=1S/C27H48O/c1-6-7-8-9-18(2)20-14-16-26(4)24(20)13-11-23-22-15-17-27(5,28)19(3)21(22)10-12-25(23)26/h18-25,28H,6-17H2,1-5H3/t18-,19-,20+,21-,22-,23-,24+,25+,26+,27-/m0/s1. The van der Waals surface area contributed by atoms with Gasteiger partial charge in [-0.1, -0.05) is 53.4 Å². The van der Waals surface area contributed by atoms with Crippen LogP contribution in [0, 0.1) is 52.8 Å². The van der Waals surface area contributed by atoms with Gasteiger partial charge in [-0.05, 0) is 111 Å². The highest BCUT2D eigenvalue weighted by Crippen LogP contribution is 2.66. The van der Waals surface area contributed by atoms with Gasteiger partial charge in [0.1, 0.15) is 0 Å². The average Bonchev–Trinajstić information content (AvgIpc) is 3.02. The van der Waals surface area contributed by atoms with Crippen LogP contribution in [0.4, 0.5) is 0 Å². The minimum Gasteiger partial charge on any atom is -0.390 e. The molecule has 162 valence electrons. The minimum absolute atomic E-state index is 0.415. The Bertz CT molecular complexity index is 538. The Hall–Kier alpha value is -0.0400. The molecule has 4 fully saturated rings. The molecule has 0 unspecified atom stereocenters. The largest absolute Gasteiger partial charge is 0.390 e. The predicted molar refractivity (Wildman–Crippen MR) is 119 cm³/mol. The van der Waals surface area contributed by atoms with Crippen molar-refractivity contribution in [2.45, 2.75) is 117 Å². The Morgan fingerprint density at radius 2 is 1.57 bits per heavy atom. The van der Waals surface area contributed by atoms with Gasteiger partial charge in [-0.3, -0.25) is 0 Å². The van der Waals surface area contributed by atoms with Gasteiger partial charge in [0.15, 0.2) is 0 Å². The maximum absolute atomic E-state index is 10.9. The van der Waals surface area contributed by atoms with Gasteiger partial charge in [0.05, 0.1) is 5.60 Å². The van der Waals surface area contributed by atoms with Gasteiger partial charge in [0, 0.05) is 0 Å². The molecule has 10 atom stereocenters.